The van der Waals surface area contributed by atoms with Gasteiger partial charge in [-0.25, -0.2) is 0 Å². The highest BCUT2D eigenvalue weighted by atomic mass is 16.6. The quantitative estimate of drug-likeness (QED) is 0.512. The number of rotatable bonds is 7. The standard InChI is InChI=1S/C12H19N3O3/c1-3-13-10-6-11(14-5-4-9(2)16)8-12(7-10)15(17)18/h6-9,13-14,16H,3-5H2,1-2H3. The van der Waals surface area contributed by atoms with Crippen molar-refractivity contribution >= 4 is 17.1 Å². The third-order valence-electron chi connectivity index (χ3n) is 2.40. The predicted molar refractivity (Wildman–Crippen MR) is 72.0 cm³/mol. The van der Waals surface area contributed by atoms with Gasteiger partial charge >= 0.3 is 0 Å². The number of hydrogen-bond donors (Lipinski definition) is 3. The Bertz CT molecular complexity index is 408. The van der Waals surface area contributed by atoms with Crippen LogP contribution in [0.5, 0.6) is 0 Å². The Morgan fingerprint density at radius 2 is 1.94 bits per heavy atom. The predicted octanol–water partition coefficient (Wildman–Crippen LogP) is 2.21. The molecule has 1 unspecified atom stereocenters. The minimum atomic E-state index is -0.416. The fraction of sp³-hybridized carbons (Fsp3) is 0.500. The van der Waals surface area contributed by atoms with Gasteiger partial charge in [0.15, 0.2) is 0 Å². The van der Waals surface area contributed by atoms with Crippen LogP contribution in [0.15, 0.2) is 18.2 Å². The van der Waals surface area contributed by atoms with E-state index in [4.69, 9.17) is 5.11 Å². The molecule has 1 aromatic rings. The molecule has 0 amide bonds. The van der Waals surface area contributed by atoms with Crippen LogP contribution in [0.25, 0.3) is 0 Å². The SMILES string of the molecule is CCNc1cc(NCCC(C)O)cc([N+](=O)[O-])c1. The Kier molecular flexibility index (Phi) is 5.38. The van der Waals surface area contributed by atoms with Gasteiger partial charge in [0.05, 0.1) is 11.0 Å². The molecule has 18 heavy (non-hydrogen) atoms. The summed E-state index contributed by atoms with van der Waals surface area (Å²) in [6.45, 7) is 4.91. The zero-order chi connectivity index (χ0) is 13.5. The molecule has 0 aromatic heterocycles. The largest absolute Gasteiger partial charge is 0.393 e. The van der Waals surface area contributed by atoms with Crippen LogP contribution in [0.2, 0.25) is 0 Å². The Labute approximate surface area is 106 Å². The molecular weight excluding hydrogens is 234 g/mol. The minimum Gasteiger partial charge on any atom is -0.393 e. The molecular formula is C12H19N3O3. The number of aliphatic hydroxyl groups excluding tert-OH is 1. The first-order valence-electron chi connectivity index (χ1n) is 5.98. The van der Waals surface area contributed by atoms with Gasteiger partial charge in [0.2, 0.25) is 0 Å². The molecule has 0 fully saturated rings. The molecule has 0 radical (unpaired) electrons. The smallest absolute Gasteiger partial charge is 0.273 e. The first-order chi connectivity index (χ1) is 8.52. The lowest BCUT2D eigenvalue weighted by Gasteiger charge is -2.10. The zero-order valence-electron chi connectivity index (χ0n) is 10.6. The summed E-state index contributed by atoms with van der Waals surface area (Å²) in [5, 5.41) is 26.1. The second-order valence-electron chi connectivity index (χ2n) is 4.12. The molecule has 0 saturated heterocycles. The number of hydrogen-bond acceptors (Lipinski definition) is 5. The number of aliphatic hydroxyl groups is 1. The van der Waals surface area contributed by atoms with Gasteiger partial charge in [-0.15, -0.1) is 0 Å². The summed E-state index contributed by atoms with van der Waals surface area (Å²) >= 11 is 0. The van der Waals surface area contributed by atoms with Crippen LogP contribution in [0.1, 0.15) is 20.3 Å². The number of nitrogens with zero attached hydrogens (tertiary/aromatic N) is 1. The van der Waals surface area contributed by atoms with Crippen LogP contribution >= 0.6 is 0 Å². The number of nitrogens with one attached hydrogen (secondary N) is 2. The highest BCUT2D eigenvalue weighted by Crippen LogP contribution is 2.24. The van der Waals surface area contributed by atoms with E-state index in [1.807, 2.05) is 13.0 Å². The lowest BCUT2D eigenvalue weighted by atomic mass is 10.2. The molecule has 0 aliphatic rings. The lowest BCUT2D eigenvalue weighted by molar-refractivity contribution is -0.384. The van der Waals surface area contributed by atoms with Crippen molar-refractivity contribution in [3.8, 4) is 0 Å². The van der Waals surface area contributed by atoms with Crippen molar-refractivity contribution in [2.24, 2.45) is 0 Å². The van der Waals surface area contributed by atoms with E-state index in [1.165, 1.54) is 12.1 Å². The van der Waals surface area contributed by atoms with Gasteiger partial charge in [0.1, 0.15) is 0 Å². The number of non-ortho nitro benzene ring substituents is 1. The van der Waals surface area contributed by atoms with Crippen molar-refractivity contribution in [3.05, 3.63) is 28.3 Å². The maximum Gasteiger partial charge on any atom is 0.273 e. The van der Waals surface area contributed by atoms with E-state index in [9.17, 15) is 10.1 Å². The van der Waals surface area contributed by atoms with Crippen LogP contribution in [0, 0.1) is 10.1 Å². The van der Waals surface area contributed by atoms with Gasteiger partial charge in [-0.05, 0) is 26.3 Å². The van der Waals surface area contributed by atoms with Gasteiger partial charge in [-0.1, -0.05) is 0 Å². The second-order valence-corrected chi connectivity index (χ2v) is 4.12. The zero-order valence-corrected chi connectivity index (χ0v) is 10.6. The molecule has 6 heteroatoms. The summed E-state index contributed by atoms with van der Waals surface area (Å²) in [5.41, 5.74) is 1.44. The van der Waals surface area contributed by atoms with E-state index in [0.717, 1.165) is 0 Å². The molecule has 0 spiro atoms. The van der Waals surface area contributed by atoms with Crippen molar-refractivity contribution < 1.29 is 10.0 Å². The Morgan fingerprint density at radius 1 is 1.33 bits per heavy atom. The third-order valence-corrected chi connectivity index (χ3v) is 2.40. The molecule has 6 nitrogen and oxygen atoms in total. The van der Waals surface area contributed by atoms with Crippen molar-refractivity contribution in [1.82, 2.24) is 0 Å². The van der Waals surface area contributed by atoms with Crippen LogP contribution in [-0.4, -0.2) is 29.2 Å². The average Bonchev–Trinajstić information content (AvgIpc) is 2.28. The molecule has 3 N–H and O–H groups in total. The van der Waals surface area contributed by atoms with Crippen molar-refractivity contribution in [2.75, 3.05) is 23.7 Å². The normalized spacial score (nSPS) is 11.9. The molecule has 0 saturated carbocycles. The average molecular weight is 253 g/mol. The number of nitro benzene ring substituents is 1. The topological polar surface area (TPSA) is 87.4 Å². The van der Waals surface area contributed by atoms with E-state index >= 15 is 0 Å². The molecule has 1 rings (SSSR count). The van der Waals surface area contributed by atoms with Gasteiger partial charge < -0.3 is 15.7 Å². The summed E-state index contributed by atoms with van der Waals surface area (Å²) in [6.07, 6.45) is 0.212. The fourth-order valence-electron chi connectivity index (χ4n) is 1.55. The summed E-state index contributed by atoms with van der Waals surface area (Å²) < 4.78 is 0. The van der Waals surface area contributed by atoms with Crippen LogP contribution in [-0.2, 0) is 0 Å². The van der Waals surface area contributed by atoms with Crippen LogP contribution < -0.4 is 10.6 Å². The molecule has 0 bridgehead atoms. The fourth-order valence-corrected chi connectivity index (χ4v) is 1.55. The van der Waals surface area contributed by atoms with Gasteiger partial charge in [-0.2, -0.15) is 0 Å². The first kappa shape index (κ1) is 14.2. The molecule has 1 atom stereocenters. The lowest BCUT2D eigenvalue weighted by Crippen LogP contribution is -2.10. The highest BCUT2D eigenvalue weighted by Gasteiger charge is 2.09. The minimum absolute atomic E-state index is 0.0491. The van der Waals surface area contributed by atoms with Crippen LogP contribution in [0.4, 0.5) is 17.1 Å². The number of nitro groups is 1. The Hall–Kier alpha value is -1.82. The van der Waals surface area contributed by atoms with E-state index in [0.29, 0.717) is 30.9 Å². The molecule has 1 aromatic carbocycles. The summed E-state index contributed by atoms with van der Waals surface area (Å²) in [4.78, 5) is 10.4. The van der Waals surface area contributed by atoms with E-state index in [2.05, 4.69) is 10.6 Å². The summed E-state index contributed by atoms with van der Waals surface area (Å²) in [7, 11) is 0. The Morgan fingerprint density at radius 3 is 2.44 bits per heavy atom. The second kappa shape index (κ2) is 6.80. The van der Waals surface area contributed by atoms with E-state index < -0.39 is 4.92 Å². The maximum atomic E-state index is 10.8. The Balaban J connectivity index is 2.79. The molecule has 0 heterocycles. The summed E-state index contributed by atoms with van der Waals surface area (Å²) in [6, 6.07) is 4.81. The van der Waals surface area contributed by atoms with Gasteiger partial charge in [-0.3, -0.25) is 10.1 Å². The van der Waals surface area contributed by atoms with Gasteiger partial charge in [0.25, 0.3) is 5.69 Å². The van der Waals surface area contributed by atoms with Crippen molar-refractivity contribution in [3.63, 3.8) is 0 Å². The maximum absolute atomic E-state index is 10.8. The summed E-state index contributed by atoms with van der Waals surface area (Å²) in [5.74, 6) is 0. The first-order valence-corrected chi connectivity index (χ1v) is 5.98. The molecule has 100 valence electrons. The van der Waals surface area contributed by atoms with Crippen molar-refractivity contribution in [1.29, 1.82) is 0 Å². The molecule has 0 aliphatic carbocycles. The van der Waals surface area contributed by atoms with E-state index in [-0.39, 0.29) is 11.8 Å². The van der Waals surface area contributed by atoms with Gasteiger partial charge in [0, 0.05) is 36.6 Å². The van der Waals surface area contributed by atoms with E-state index in [1.54, 1.807) is 6.92 Å². The highest BCUT2D eigenvalue weighted by molar-refractivity contribution is 5.63. The molecule has 0 aliphatic heterocycles. The third kappa shape index (κ3) is 4.58. The monoisotopic (exact) mass is 253 g/mol. The number of anilines is 2. The van der Waals surface area contributed by atoms with Crippen molar-refractivity contribution in [2.45, 2.75) is 26.4 Å². The van der Waals surface area contributed by atoms with Crippen LogP contribution in [0.3, 0.4) is 0 Å². The number of benzene rings is 1.